The molecule has 1 saturated carbocycles. The molecule has 0 bridgehead atoms. The molecule has 0 saturated heterocycles. The first-order valence-corrected chi connectivity index (χ1v) is 16.1. The van der Waals surface area contributed by atoms with Crippen molar-refractivity contribution in [3.63, 3.8) is 0 Å². The first-order valence-electron chi connectivity index (χ1n) is 13.9. The van der Waals surface area contributed by atoms with Gasteiger partial charge >= 0.3 is 0 Å². The first-order chi connectivity index (χ1) is 20.0. The maximum absolute atomic E-state index is 14.1. The van der Waals surface area contributed by atoms with Gasteiger partial charge in [-0.25, -0.2) is 12.8 Å². The van der Waals surface area contributed by atoms with Crippen molar-refractivity contribution in [1.82, 2.24) is 10.2 Å². The standard InChI is InChI=1S/C31H34Cl2FN3O4S/c1-3-29(31(39)35-24-6-4-5-7-24)36(19-22-10-12-23(34)13-11-22)30(38)20-37(25-14-17-27(32)28(33)18-25)42(40,41)26-15-8-21(2)9-16-26/h8-18,24,29H,3-7,19-20H2,1-2H3,(H,35,39)/t29-/m0/s1. The topological polar surface area (TPSA) is 86.8 Å². The average molecular weight is 635 g/mol. The van der Waals surface area contributed by atoms with Crippen LogP contribution in [0.3, 0.4) is 0 Å². The summed E-state index contributed by atoms with van der Waals surface area (Å²) >= 11 is 12.4. The molecule has 4 rings (SSSR count). The van der Waals surface area contributed by atoms with Crippen LogP contribution in [0, 0.1) is 12.7 Å². The highest BCUT2D eigenvalue weighted by Crippen LogP contribution is 2.31. The molecule has 1 aliphatic carbocycles. The van der Waals surface area contributed by atoms with Crippen LogP contribution >= 0.6 is 23.2 Å². The molecular formula is C31H34Cl2FN3O4S. The molecule has 0 aromatic heterocycles. The second kappa shape index (κ2) is 13.9. The van der Waals surface area contributed by atoms with Gasteiger partial charge in [-0.15, -0.1) is 0 Å². The van der Waals surface area contributed by atoms with E-state index in [9.17, 15) is 22.4 Å². The van der Waals surface area contributed by atoms with Gasteiger partial charge < -0.3 is 10.2 Å². The number of nitrogens with zero attached hydrogens (tertiary/aromatic N) is 2. The number of sulfonamides is 1. The van der Waals surface area contributed by atoms with Crippen LogP contribution in [0.1, 0.15) is 50.2 Å². The zero-order valence-corrected chi connectivity index (χ0v) is 25.9. The van der Waals surface area contributed by atoms with Gasteiger partial charge in [0, 0.05) is 12.6 Å². The molecule has 224 valence electrons. The molecule has 1 atom stereocenters. The van der Waals surface area contributed by atoms with Crippen LogP contribution in [0.4, 0.5) is 10.1 Å². The lowest BCUT2D eigenvalue weighted by Gasteiger charge is -2.34. The van der Waals surface area contributed by atoms with Gasteiger partial charge in [-0.05, 0) is 74.2 Å². The number of rotatable bonds is 11. The maximum Gasteiger partial charge on any atom is 0.264 e. The number of carbonyl (C=O) groups is 2. The Morgan fingerprint density at radius 3 is 2.21 bits per heavy atom. The Morgan fingerprint density at radius 2 is 1.62 bits per heavy atom. The zero-order valence-electron chi connectivity index (χ0n) is 23.5. The zero-order chi connectivity index (χ0) is 30.4. The van der Waals surface area contributed by atoms with E-state index in [0.717, 1.165) is 35.6 Å². The minimum atomic E-state index is -4.24. The van der Waals surface area contributed by atoms with Crippen LogP contribution in [-0.4, -0.2) is 43.8 Å². The van der Waals surface area contributed by atoms with E-state index in [1.54, 1.807) is 19.1 Å². The molecule has 0 heterocycles. The fourth-order valence-electron chi connectivity index (χ4n) is 5.08. The molecule has 1 aliphatic rings. The highest BCUT2D eigenvalue weighted by Gasteiger charge is 2.34. The second-order valence-electron chi connectivity index (χ2n) is 10.5. The summed E-state index contributed by atoms with van der Waals surface area (Å²) in [5.41, 5.74) is 1.61. The fourth-order valence-corrected chi connectivity index (χ4v) is 6.78. The van der Waals surface area contributed by atoms with Crippen molar-refractivity contribution < 1.29 is 22.4 Å². The largest absolute Gasteiger partial charge is 0.352 e. The lowest BCUT2D eigenvalue weighted by Crippen LogP contribution is -2.53. The van der Waals surface area contributed by atoms with Crippen LogP contribution in [0.25, 0.3) is 0 Å². The smallest absolute Gasteiger partial charge is 0.264 e. The van der Waals surface area contributed by atoms with Crippen LogP contribution < -0.4 is 9.62 Å². The van der Waals surface area contributed by atoms with Gasteiger partial charge in [0.2, 0.25) is 11.8 Å². The molecule has 1 fully saturated rings. The molecule has 0 unspecified atom stereocenters. The van der Waals surface area contributed by atoms with E-state index in [4.69, 9.17) is 23.2 Å². The highest BCUT2D eigenvalue weighted by molar-refractivity contribution is 7.92. The molecule has 11 heteroatoms. The van der Waals surface area contributed by atoms with Gasteiger partial charge in [-0.2, -0.15) is 0 Å². The Bertz CT molecular complexity index is 1510. The van der Waals surface area contributed by atoms with Crippen molar-refractivity contribution in [2.45, 2.75) is 69.5 Å². The highest BCUT2D eigenvalue weighted by atomic mass is 35.5. The number of hydrogen-bond donors (Lipinski definition) is 1. The minimum Gasteiger partial charge on any atom is -0.352 e. The number of anilines is 1. The van der Waals surface area contributed by atoms with E-state index in [1.165, 1.54) is 59.5 Å². The third-order valence-electron chi connectivity index (χ3n) is 7.43. The molecule has 3 aromatic rings. The summed E-state index contributed by atoms with van der Waals surface area (Å²) in [7, 11) is -4.24. The molecule has 0 aliphatic heterocycles. The van der Waals surface area contributed by atoms with Crippen molar-refractivity contribution in [1.29, 1.82) is 0 Å². The van der Waals surface area contributed by atoms with Crippen molar-refractivity contribution >= 4 is 50.7 Å². The second-order valence-corrected chi connectivity index (χ2v) is 13.2. The molecule has 7 nitrogen and oxygen atoms in total. The van der Waals surface area contributed by atoms with E-state index in [0.29, 0.717) is 12.0 Å². The van der Waals surface area contributed by atoms with Crippen molar-refractivity contribution in [2.24, 2.45) is 0 Å². The lowest BCUT2D eigenvalue weighted by atomic mass is 10.1. The Kier molecular flexibility index (Phi) is 10.5. The fraction of sp³-hybridized carbons (Fsp3) is 0.355. The maximum atomic E-state index is 14.1. The summed E-state index contributed by atoms with van der Waals surface area (Å²) in [6.07, 6.45) is 4.08. The van der Waals surface area contributed by atoms with E-state index in [2.05, 4.69) is 5.32 Å². The molecule has 42 heavy (non-hydrogen) atoms. The number of benzene rings is 3. The van der Waals surface area contributed by atoms with Crippen LogP contribution in [0.15, 0.2) is 71.6 Å². The number of aryl methyl sites for hydroxylation is 1. The van der Waals surface area contributed by atoms with Crippen LogP contribution in [0.2, 0.25) is 10.0 Å². The summed E-state index contributed by atoms with van der Waals surface area (Å²) in [4.78, 5) is 29.0. The molecule has 0 spiro atoms. The summed E-state index contributed by atoms with van der Waals surface area (Å²) in [5.74, 6) is -1.34. The number of carbonyl (C=O) groups excluding carboxylic acids is 2. The monoisotopic (exact) mass is 633 g/mol. The Hall–Kier alpha value is -3.14. The number of amides is 2. The van der Waals surface area contributed by atoms with Crippen molar-refractivity contribution in [3.05, 3.63) is 93.7 Å². The Labute approximate surface area is 256 Å². The Balaban J connectivity index is 1.73. The molecule has 0 radical (unpaired) electrons. The Morgan fingerprint density at radius 1 is 0.976 bits per heavy atom. The molecule has 1 N–H and O–H groups in total. The average Bonchev–Trinajstić information content (AvgIpc) is 3.47. The third-order valence-corrected chi connectivity index (χ3v) is 9.96. The minimum absolute atomic E-state index is 0.0110. The summed E-state index contributed by atoms with van der Waals surface area (Å²) in [5, 5.41) is 3.41. The van der Waals surface area contributed by atoms with E-state index >= 15 is 0 Å². The summed E-state index contributed by atoms with van der Waals surface area (Å²) in [6, 6.07) is 15.4. The van der Waals surface area contributed by atoms with Gasteiger partial charge in [-0.3, -0.25) is 13.9 Å². The lowest BCUT2D eigenvalue weighted by molar-refractivity contribution is -0.140. The van der Waals surface area contributed by atoms with Crippen molar-refractivity contribution in [3.8, 4) is 0 Å². The van der Waals surface area contributed by atoms with Crippen molar-refractivity contribution in [2.75, 3.05) is 10.8 Å². The van der Waals surface area contributed by atoms with Gasteiger partial charge in [0.15, 0.2) is 0 Å². The SMILES string of the molecule is CC[C@@H](C(=O)NC1CCCC1)N(Cc1ccc(F)cc1)C(=O)CN(c1ccc(Cl)c(Cl)c1)S(=O)(=O)c1ccc(C)cc1. The summed E-state index contributed by atoms with van der Waals surface area (Å²) in [6.45, 7) is 3.01. The number of hydrogen-bond acceptors (Lipinski definition) is 4. The number of nitrogens with one attached hydrogen (secondary N) is 1. The van der Waals surface area contributed by atoms with Gasteiger partial charge in [-0.1, -0.05) is 72.8 Å². The molecular weight excluding hydrogens is 600 g/mol. The normalized spacial score (nSPS) is 14.4. The third kappa shape index (κ3) is 7.62. The van der Waals surface area contributed by atoms with Crippen LogP contribution in [0.5, 0.6) is 0 Å². The predicted molar refractivity (Wildman–Crippen MR) is 164 cm³/mol. The van der Waals surface area contributed by atoms with Gasteiger partial charge in [0.25, 0.3) is 10.0 Å². The van der Waals surface area contributed by atoms with E-state index in [-0.39, 0.29) is 39.1 Å². The van der Waals surface area contributed by atoms with E-state index < -0.39 is 34.3 Å². The predicted octanol–water partition coefficient (Wildman–Crippen LogP) is 6.50. The van der Waals surface area contributed by atoms with E-state index in [1.807, 2.05) is 6.92 Å². The number of halogens is 3. The van der Waals surface area contributed by atoms with Gasteiger partial charge in [0.1, 0.15) is 18.4 Å². The molecule has 2 amide bonds. The van der Waals surface area contributed by atoms with Crippen LogP contribution in [-0.2, 0) is 26.2 Å². The molecule has 3 aromatic carbocycles. The first kappa shape index (κ1) is 31.8. The van der Waals surface area contributed by atoms with Gasteiger partial charge in [0.05, 0.1) is 20.6 Å². The quantitative estimate of drug-likeness (QED) is 0.261. The summed E-state index contributed by atoms with van der Waals surface area (Å²) < 4.78 is 42.5.